The van der Waals surface area contributed by atoms with E-state index in [1.807, 2.05) is 31.2 Å². The summed E-state index contributed by atoms with van der Waals surface area (Å²) in [5, 5.41) is 6.66. The van der Waals surface area contributed by atoms with E-state index in [2.05, 4.69) is 15.2 Å². The van der Waals surface area contributed by atoms with Crippen LogP contribution in [-0.4, -0.2) is 25.5 Å². The summed E-state index contributed by atoms with van der Waals surface area (Å²) >= 11 is 0. The molecule has 152 valence electrons. The lowest BCUT2D eigenvalue weighted by molar-refractivity contribution is 0.0914. The Hall–Kier alpha value is -2.97. The van der Waals surface area contributed by atoms with E-state index in [1.54, 1.807) is 32.0 Å². The lowest BCUT2D eigenvalue weighted by Gasteiger charge is -2.11. The van der Waals surface area contributed by atoms with E-state index in [1.165, 1.54) is 12.1 Å². The van der Waals surface area contributed by atoms with Gasteiger partial charge in [-0.25, -0.2) is 13.1 Å². The van der Waals surface area contributed by atoms with Crippen LogP contribution in [0, 0.1) is 6.92 Å². The van der Waals surface area contributed by atoms with Crippen molar-refractivity contribution in [1.82, 2.24) is 15.2 Å². The van der Waals surface area contributed by atoms with Crippen molar-refractivity contribution in [2.24, 2.45) is 0 Å². The highest BCUT2D eigenvalue weighted by Gasteiger charge is 2.17. The Balaban J connectivity index is 1.67. The van der Waals surface area contributed by atoms with Gasteiger partial charge in [-0.3, -0.25) is 4.79 Å². The van der Waals surface area contributed by atoms with Gasteiger partial charge in [0.05, 0.1) is 4.90 Å². The fraction of sp³-hybridized carbons (Fsp3) is 0.238. The Morgan fingerprint density at radius 3 is 2.52 bits per heavy atom. The quantitative estimate of drug-likeness (QED) is 0.619. The smallest absolute Gasteiger partial charge is 0.290 e. The van der Waals surface area contributed by atoms with E-state index in [9.17, 15) is 13.2 Å². The number of rotatable bonds is 7. The molecule has 0 unspecified atom stereocenters. The number of carbonyl (C=O) groups excluding carboxylic acids is 1. The van der Waals surface area contributed by atoms with Gasteiger partial charge in [0, 0.05) is 24.2 Å². The van der Waals surface area contributed by atoms with Gasteiger partial charge in [0.15, 0.2) is 0 Å². The van der Waals surface area contributed by atoms with Crippen LogP contribution in [0.5, 0.6) is 0 Å². The summed E-state index contributed by atoms with van der Waals surface area (Å²) in [5.41, 5.74) is 3.21. The number of aromatic nitrogens is 1. The standard InChI is InChI=1S/C21H23N3O4S/c1-14(2)24-29(26,27)18-6-4-5-16(11-18)13-22-21(25)20-12-19(23-28-20)17-9-7-15(3)8-10-17/h4-12,14,24H,13H2,1-3H3,(H,22,25). The van der Waals surface area contributed by atoms with Crippen LogP contribution >= 0.6 is 0 Å². The van der Waals surface area contributed by atoms with Gasteiger partial charge in [-0.05, 0) is 38.5 Å². The predicted molar refractivity (Wildman–Crippen MR) is 110 cm³/mol. The minimum absolute atomic E-state index is 0.0887. The highest BCUT2D eigenvalue weighted by molar-refractivity contribution is 7.89. The van der Waals surface area contributed by atoms with Crippen LogP contribution in [0.4, 0.5) is 0 Å². The zero-order chi connectivity index (χ0) is 21.0. The lowest BCUT2D eigenvalue weighted by Crippen LogP contribution is -2.30. The summed E-state index contributed by atoms with van der Waals surface area (Å²) in [4.78, 5) is 12.5. The highest BCUT2D eigenvalue weighted by Crippen LogP contribution is 2.19. The summed E-state index contributed by atoms with van der Waals surface area (Å²) in [7, 11) is -3.59. The Morgan fingerprint density at radius 2 is 1.83 bits per heavy atom. The topological polar surface area (TPSA) is 101 Å². The second-order valence-electron chi connectivity index (χ2n) is 7.05. The molecule has 1 aromatic heterocycles. The number of nitrogens with zero attached hydrogens (tertiary/aromatic N) is 1. The van der Waals surface area contributed by atoms with E-state index in [-0.39, 0.29) is 23.2 Å². The third-order valence-corrected chi connectivity index (χ3v) is 5.79. The van der Waals surface area contributed by atoms with Gasteiger partial charge >= 0.3 is 0 Å². The summed E-state index contributed by atoms with van der Waals surface area (Å²) in [5.74, 6) is -0.338. The predicted octanol–water partition coefficient (Wildman–Crippen LogP) is 3.27. The van der Waals surface area contributed by atoms with Crippen molar-refractivity contribution < 1.29 is 17.7 Å². The monoisotopic (exact) mass is 413 g/mol. The van der Waals surface area contributed by atoms with Crippen molar-refractivity contribution in [3.8, 4) is 11.3 Å². The third kappa shape index (κ3) is 5.30. The van der Waals surface area contributed by atoms with Gasteiger partial charge in [-0.2, -0.15) is 0 Å². The maximum atomic E-state index is 12.4. The van der Waals surface area contributed by atoms with Gasteiger partial charge in [-0.15, -0.1) is 0 Å². The second-order valence-corrected chi connectivity index (χ2v) is 8.76. The number of sulfonamides is 1. The van der Waals surface area contributed by atoms with E-state index in [4.69, 9.17) is 4.52 Å². The molecule has 8 heteroatoms. The summed E-state index contributed by atoms with van der Waals surface area (Å²) in [6.45, 7) is 5.66. The van der Waals surface area contributed by atoms with Crippen LogP contribution in [0.2, 0.25) is 0 Å². The summed E-state index contributed by atoms with van der Waals surface area (Å²) < 4.78 is 32.3. The minimum atomic E-state index is -3.59. The fourth-order valence-corrected chi connectivity index (χ4v) is 4.03. The fourth-order valence-electron chi connectivity index (χ4n) is 2.71. The molecule has 3 rings (SSSR count). The summed E-state index contributed by atoms with van der Waals surface area (Å²) in [6, 6.07) is 15.5. The van der Waals surface area contributed by atoms with Crippen LogP contribution < -0.4 is 10.0 Å². The molecular formula is C21H23N3O4S. The lowest BCUT2D eigenvalue weighted by atomic mass is 10.1. The maximum Gasteiger partial charge on any atom is 0.290 e. The molecule has 7 nitrogen and oxygen atoms in total. The Bertz CT molecular complexity index is 1100. The largest absolute Gasteiger partial charge is 0.350 e. The normalized spacial score (nSPS) is 11.6. The Morgan fingerprint density at radius 1 is 1.10 bits per heavy atom. The molecule has 1 amide bonds. The molecule has 0 atom stereocenters. The molecule has 1 heterocycles. The van der Waals surface area contributed by atoms with Crippen molar-refractivity contribution in [2.45, 2.75) is 38.3 Å². The second kappa shape index (κ2) is 8.59. The molecule has 0 spiro atoms. The molecule has 0 bridgehead atoms. The third-order valence-electron chi connectivity index (χ3n) is 4.13. The molecular weight excluding hydrogens is 390 g/mol. The van der Waals surface area contributed by atoms with E-state index in [0.717, 1.165) is 11.1 Å². The Kier molecular flexibility index (Phi) is 6.14. The number of amides is 1. The van der Waals surface area contributed by atoms with Crippen molar-refractivity contribution >= 4 is 15.9 Å². The van der Waals surface area contributed by atoms with Gasteiger partial charge in [0.25, 0.3) is 5.91 Å². The molecule has 0 saturated heterocycles. The van der Waals surface area contributed by atoms with Crippen molar-refractivity contribution in [1.29, 1.82) is 0 Å². The molecule has 3 aromatic rings. The average Bonchev–Trinajstić information content (AvgIpc) is 3.16. The number of hydrogen-bond acceptors (Lipinski definition) is 5. The average molecular weight is 413 g/mol. The minimum Gasteiger partial charge on any atom is -0.350 e. The first kappa shape index (κ1) is 20.8. The first-order valence-electron chi connectivity index (χ1n) is 9.18. The van der Waals surface area contributed by atoms with Crippen LogP contribution in [0.3, 0.4) is 0 Å². The molecule has 0 aliphatic heterocycles. The number of nitrogens with one attached hydrogen (secondary N) is 2. The number of benzene rings is 2. The van der Waals surface area contributed by atoms with Gasteiger partial charge < -0.3 is 9.84 Å². The summed E-state index contributed by atoms with van der Waals surface area (Å²) in [6.07, 6.45) is 0. The van der Waals surface area contributed by atoms with Crippen molar-refractivity contribution in [2.75, 3.05) is 0 Å². The van der Waals surface area contributed by atoms with Crippen molar-refractivity contribution in [3.05, 3.63) is 71.5 Å². The van der Waals surface area contributed by atoms with E-state index < -0.39 is 15.9 Å². The molecule has 29 heavy (non-hydrogen) atoms. The van der Waals surface area contributed by atoms with Gasteiger partial charge in [-0.1, -0.05) is 47.1 Å². The zero-order valence-corrected chi connectivity index (χ0v) is 17.3. The highest BCUT2D eigenvalue weighted by atomic mass is 32.2. The van der Waals surface area contributed by atoms with Crippen LogP contribution in [0.1, 0.15) is 35.5 Å². The van der Waals surface area contributed by atoms with Crippen LogP contribution in [0.15, 0.2) is 64.0 Å². The maximum absolute atomic E-state index is 12.4. The van der Waals surface area contributed by atoms with E-state index in [0.29, 0.717) is 11.3 Å². The first-order valence-corrected chi connectivity index (χ1v) is 10.7. The van der Waals surface area contributed by atoms with Crippen LogP contribution in [0.25, 0.3) is 11.3 Å². The molecule has 0 aliphatic carbocycles. The SMILES string of the molecule is Cc1ccc(-c2cc(C(=O)NCc3cccc(S(=O)(=O)NC(C)C)c3)on2)cc1. The van der Waals surface area contributed by atoms with Gasteiger partial charge in [0.2, 0.25) is 15.8 Å². The molecule has 0 saturated carbocycles. The Labute approximate surface area is 170 Å². The van der Waals surface area contributed by atoms with Gasteiger partial charge in [0.1, 0.15) is 5.69 Å². The zero-order valence-electron chi connectivity index (χ0n) is 16.5. The molecule has 0 fully saturated rings. The number of carbonyl (C=O) groups is 1. The number of hydrogen-bond donors (Lipinski definition) is 2. The first-order chi connectivity index (χ1) is 13.7. The van der Waals surface area contributed by atoms with E-state index >= 15 is 0 Å². The van der Waals surface area contributed by atoms with Crippen molar-refractivity contribution in [3.63, 3.8) is 0 Å². The number of aryl methyl sites for hydroxylation is 1. The molecule has 0 radical (unpaired) electrons. The molecule has 0 aliphatic rings. The van der Waals surface area contributed by atoms with Crippen LogP contribution in [-0.2, 0) is 16.6 Å². The molecule has 2 N–H and O–H groups in total. The molecule has 2 aromatic carbocycles.